The average Bonchev–Trinajstić information content (AvgIpc) is 3.32. The number of aromatic nitrogens is 3. The van der Waals surface area contributed by atoms with Crippen molar-refractivity contribution in [2.45, 2.75) is 38.3 Å². The predicted molar refractivity (Wildman–Crippen MR) is 88.5 cm³/mol. The molecule has 8 heteroatoms. The van der Waals surface area contributed by atoms with Crippen molar-refractivity contribution in [3.8, 4) is 5.69 Å². The second kappa shape index (κ2) is 6.41. The molecule has 138 valence electrons. The summed E-state index contributed by atoms with van der Waals surface area (Å²) >= 11 is 0. The van der Waals surface area contributed by atoms with Crippen molar-refractivity contribution in [3.05, 3.63) is 36.4 Å². The van der Waals surface area contributed by atoms with Gasteiger partial charge in [0.25, 0.3) is 0 Å². The summed E-state index contributed by atoms with van der Waals surface area (Å²) in [7, 11) is 0. The second-order valence-electron chi connectivity index (χ2n) is 7.26. The van der Waals surface area contributed by atoms with Crippen molar-refractivity contribution in [1.29, 1.82) is 0 Å². The molecule has 1 N–H and O–H groups in total. The monoisotopic (exact) mass is 364 g/mol. The number of anilines is 1. The van der Waals surface area contributed by atoms with E-state index in [1.54, 1.807) is 0 Å². The molecule has 5 nitrogen and oxygen atoms in total. The zero-order valence-corrected chi connectivity index (χ0v) is 14.0. The van der Waals surface area contributed by atoms with Crippen LogP contribution in [0.3, 0.4) is 0 Å². The van der Waals surface area contributed by atoms with Crippen LogP contribution in [-0.4, -0.2) is 20.7 Å². The lowest BCUT2D eigenvalue weighted by atomic mass is 9.86. The third-order valence-electron chi connectivity index (χ3n) is 5.60. The largest absolute Gasteiger partial charge is 0.416 e. The van der Waals surface area contributed by atoms with E-state index < -0.39 is 11.7 Å². The minimum absolute atomic E-state index is 0.0958. The van der Waals surface area contributed by atoms with E-state index in [1.807, 2.05) is 0 Å². The molecule has 1 amide bonds. The van der Waals surface area contributed by atoms with Gasteiger partial charge in [-0.05, 0) is 55.2 Å². The van der Waals surface area contributed by atoms with Crippen LogP contribution in [0.4, 0.5) is 18.9 Å². The summed E-state index contributed by atoms with van der Waals surface area (Å²) in [6.45, 7) is 0. The van der Waals surface area contributed by atoms with Crippen LogP contribution in [0.25, 0.3) is 5.69 Å². The third kappa shape index (κ3) is 3.32. The first kappa shape index (κ1) is 17.1. The first-order valence-corrected chi connectivity index (χ1v) is 8.76. The minimum Gasteiger partial charge on any atom is -0.324 e. The van der Waals surface area contributed by atoms with Crippen molar-refractivity contribution in [3.63, 3.8) is 0 Å². The summed E-state index contributed by atoms with van der Waals surface area (Å²) < 4.78 is 40.5. The summed E-state index contributed by atoms with van der Waals surface area (Å²) in [5.41, 5.74) is -0.355. The minimum atomic E-state index is -4.48. The Morgan fingerprint density at radius 3 is 2.73 bits per heavy atom. The number of nitrogens with one attached hydrogen (secondary N) is 1. The predicted octanol–water partition coefficient (Wildman–Crippen LogP) is 4.05. The van der Waals surface area contributed by atoms with Crippen LogP contribution >= 0.6 is 0 Å². The molecule has 0 spiro atoms. The summed E-state index contributed by atoms with van der Waals surface area (Å²) in [5.74, 6) is 1.40. The number of carbonyl (C=O) groups is 1. The maximum absolute atomic E-state index is 13.1. The van der Waals surface area contributed by atoms with Gasteiger partial charge in [-0.25, -0.2) is 9.67 Å². The first-order chi connectivity index (χ1) is 12.4. The maximum atomic E-state index is 13.1. The van der Waals surface area contributed by atoms with Crippen molar-refractivity contribution in [2.24, 2.45) is 17.8 Å². The Labute approximate surface area is 148 Å². The quantitative estimate of drug-likeness (QED) is 0.890. The van der Waals surface area contributed by atoms with Gasteiger partial charge in [-0.1, -0.05) is 6.42 Å². The van der Waals surface area contributed by atoms with E-state index in [9.17, 15) is 18.0 Å². The molecule has 0 unspecified atom stereocenters. The number of nitrogens with zero attached hydrogens (tertiary/aromatic N) is 3. The Kier molecular flexibility index (Phi) is 4.20. The summed E-state index contributed by atoms with van der Waals surface area (Å²) in [6.07, 6.45) is 3.19. The van der Waals surface area contributed by atoms with Crippen LogP contribution in [0.15, 0.2) is 30.9 Å². The zero-order valence-electron chi connectivity index (χ0n) is 14.0. The molecule has 1 aromatic heterocycles. The normalized spacial score (nSPS) is 24.8. The molecule has 2 aromatic rings. The fourth-order valence-electron chi connectivity index (χ4n) is 4.41. The van der Waals surface area contributed by atoms with Crippen LogP contribution < -0.4 is 5.32 Å². The molecular weight excluding hydrogens is 345 g/mol. The molecule has 26 heavy (non-hydrogen) atoms. The molecular formula is C18H19F3N4O. The highest BCUT2D eigenvalue weighted by atomic mass is 19.4. The Bertz CT molecular complexity index is 803. The Morgan fingerprint density at radius 2 is 2.12 bits per heavy atom. The van der Waals surface area contributed by atoms with Gasteiger partial charge in [-0.2, -0.15) is 18.3 Å². The molecule has 2 aliphatic rings. The summed E-state index contributed by atoms with van der Waals surface area (Å²) in [5, 5.41) is 6.62. The molecule has 3 atom stereocenters. The molecule has 0 aliphatic heterocycles. The molecule has 2 fully saturated rings. The van der Waals surface area contributed by atoms with Crippen molar-refractivity contribution in [1.82, 2.24) is 14.8 Å². The van der Waals surface area contributed by atoms with E-state index in [1.165, 1.54) is 36.2 Å². The van der Waals surface area contributed by atoms with Crippen molar-refractivity contribution < 1.29 is 18.0 Å². The van der Waals surface area contributed by atoms with Gasteiger partial charge in [0, 0.05) is 6.42 Å². The molecule has 0 saturated heterocycles. The first-order valence-electron chi connectivity index (χ1n) is 8.76. The number of fused-ring (bicyclic) bond motifs is 2. The zero-order chi connectivity index (χ0) is 18.3. The number of rotatable bonds is 4. The molecule has 2 aliphatic carbocycles. The topological polar surface area (TPSA) is 59.8 Å². The number of benzene rings is 1. The number of hydrogen-bond acceptors (Lipinski definition) is 3. The van der Waals surface area contributed by atoms with E-state index in [4.69, 9.17) is 0 Å². The standard InChI is InChI=1S/C18H19F3N4O/c19-18(20,21)14-3-4-16(25-10-22-9-23-25)15(8-14)24-17(26)7-13-6-11-1-2-12(13)5-11/h3-4,8-13H,1-2,5-7H2,(H,24,26)/t11-,12-,13-/m0/s1. The lowest BCUT2D eigenvalue weighted by molar-refractivity contribution is -0.137. The van der Waals surface area contributed by atoms with E-state index in [0.717, 1.165) is 30.9 Å². The van der Waals surface area contributed by atoms with Crippen LogP contribution in [-0.2, 0) is 11.0 Å². The van der Waals surface area contributed by atoms with Gasteiger partial charge < -0.3 is 5.32 Å². The van der Waals surface area contributed by atoms with Gasteiger partial charge in [-0.3, -0.25) is 4.79 Å². The third-order valence-corrected chi connectivity index (χ3v) is 5.60. The van der Waals surface area contributed by atoms with Gasteiger partial charge in [0.05, 0.1) is 16.9 Å². The number of carbonyl (C=O) groups excluding carboxylic acids is 1. The van der Waals surface area contributed by atoms with Crippen molar-refractivity contribution >= 4 is 11.6 Å². The molecule has 4 rings (SSSR count). The lowest BCUT2D eigenvalue weighted by Crippen LogP contribution is -2.21. The molecule has 2 saturated carbocycles. The number of halogens is 3. The highest BCUT2D eigenvalue weighted by Crippen LogP contribution is 2.49. The van der Waals surface area contributed by atoms with Gasteiger partial charge in [0.2, 0.25) is 5.91 Å². The molecule has 1 aromatic carbocycles. The Balaban J connectivity index is 1.56. The fourth-order valence-corrected chi connectivity index (χ4v) is 4.41. The van der Waals surface area contributed by atoms with Crippen LogP contribution in [0.5, 0.6) is 0 Å². The fraction of sp³-hybridized carbons (Fsp3) is 0.500. The van der Waals surface area contributed by atoms with Crippen LogP contribution in [0, 0.1) is 17.8 Å². The van der Waals surface area contributed by atoms with Gasteiger partial charge in [0.15, 0.2) is 0 Å². The SMILES string of the molecule is O=C(C[C@@H]1C[C@H]2CC[C@H]1C2)Nc1cc(C(F)(F)F)ccc1-n1cncn1. The summed E-state index contributed by atoms with van der Waals surface area (Å²) in [4.78, 5) is 16.3. The Hall–Kier alpha value is -2.38. The highest BCUT2D eigenvalue weighted by Gasteiger charge is 2.40. The van der Waals surface area contributed by atoms with Crippen LogP contribution in [0.2, 0.25) is 0 Å². The Morgan fingerprint density at radius 1 is 1.27 bits per heavy atom. The van der Waals surface area contributed by atoms with Crippen molar-refractivity contribution in [2.75, 3.05) is 5.32 Å². The number of amides is 1. The maximum Gasteiger partial charge on any atom is 0.416 e. The number of hydrogen-bond donors (Lipinski definition) is 1. The van der Waals surface area contributed by atoms with E-state index in [2.05, 4.69) is 15.4 Å². The smallest absolute Gasteiger partial charge is 0.324 e. The van der Waals surface area contributed by atoms with Gasteiger partial charge in [-0.15, -0.1) is 0 Å². The number of alkyl halides is 3. The lowest BCUT2D eigenvalue weighted by Gasteiger charge is -2.21. The average molecular weight is 364 g/mol. The summed E-state index contributed by atoms with van der Waals surface area (Å²) in [6, 6.07) is 3.23. The van der Waals surface area contributed by atoms with Gasteiger partial charge >= 0.3 is 6.18 Å². The second-order valence-corrected chi connectivity index (χ2v) is 7.26. The van der Waals surface area contributed by atoms with E-state index in [-0.39, 0.29) is 11.6 Å². The highest BCUT2D eigenvalue weighted by molar-refractivity contribution is 5.93. The van der Waals surface area contributed by atoms with Crippen LogP contribution in [0.1, 0.15) is 37.7 Å². The van der Waals surface area contributed by atoms with Gasteiger partial charge in [0.1, 0.15) is 12.7 Å². The molecule has 1 heterocycles. The molecule has 2 bridgehead atoms. The van der Waals surface area contributed by atoms with E-state index in [0.29, 0.717) is 23.9 Å². The van der Waals surface area contributed by atoms with E-state index >= 15 is 0 Å². The molecule has 0 radical (unpaired) electrons.